The van der Waals surface area contributed by atoms with Crippen LogP contribution in [-0.2, 0) is 19.6 Å². The molecule has 8 heteroatoms. The van der Waals surface area contributed by atoms with Crippen LogP contribution in [0.1, 0.15) is 64.2 Å². The van der Waals surface area contributed by atoms with Crippen molar-refractivity contribution >= 4 is 21.9 Å². The van der Waals surface area contributed by atoms with E-state index in [1.807, 2.05) is 13.8 Å². The molecule has 162 valence electrons. The molecule has 7 nitrogen and oxygen atoms in total. The molecule has 0 radical (unpaired) electrons. The fourth-order valence-electron chi connectivity index (χ4n) is 3.84. The summed E-state index contributed by atoms with van der Waals surface area (Å²) in [6.07, 6.45) is 2.49. The van der Waals surface area contributed by atoms with Crippen molar-refractivity contribution in [1.82, 2.24) is 9.62 Å². The van der Waals surface area contributed by atoms with Crippen LogP contribution < -0.4 is 5.32 Å². The van der Waals surface area contributed by atoms with Gasteiger partial charge in [-0.25, -0.2) is 13.2 Å². The zero-order valence-electron chi connectivity index (χ0n) is 17.9. The van der Waals surface area contributed by atoms with Crippen molar-refractivity contribution in [3.8, 4) is 0 Å². The lowest BCUT2D eigenvalue weighted by atomic mass is 9.82. The van der Waals surface area contributed by atoms with Crippen LogP contribution in [0.2, 0.25) is 0 Å². The first-order valence-corrected chi connectivity index (χ1v) is 11.3. The Balaban J connectivity index is 1.92. The Bertz CT molecular complexity index is 833. The zero-order valence-corrected chi connectivity index (χ0v) is 18.8. The summed E-state index contributed by atoms with van der Waals surface area (Å²) in [6.45, 7) is 10.8. The van der Waals surface area contributed by atoms with E-state index in [9.17, 15) is 18.0 Å². The van der Waals surface area contributed by atoms with Gasteiger partial charge in [0, 0.05) is 18.6 Å². The lowest BCUT2D eigenvalue weighted by Crippen LogP contribution is -2.47. The van der Waals surface area contributed by atoms with Crippen LogP contribution in [-0.4, -0.2) is 49.8 Å². The average molecular weight is 425 g/mol. The molecule has 1 heterocycles. The van der Waals surface area contributed by atoms with Gasteiger partial charge in [-0.05, 0) is 62.8 Å². The van der Waals surface area contributed by atoms with Crippen LogP contribution in [0.3, 0.4) is 0 Å². The molecule has 1 aromatic rings. The second-order valence-electron chi connectivity index (χ2n) is 9.38. The molecule has 0 spiro atoms. The molecule has 1 aliphatic rings. The van der Waals surface area contributed by atoms with E-state index in [4.69, 9.17) is 4.74 Å². The van der Waals surface area contributed by atoms with Gasteiger partial charge < -0.3 is 10.1 Å². The van der Waals surface area contributed by atoms with Crippen molar-refractivity contribution in [2.45, 2.75) is 64.3 Å². The largest absolute Gasteiger partial charge is 0.452 e. The molecule has 1 N–H and O–H groups in total. The molecule has 0 saturated carbocycles. The number of sulfonamides is 1. The van der Waals surface area contributed by atoms with Gasteiger partial charge >= 0.3 is 5.97 Å². The molecule has 29 heavy (non-hydrogen) atoms. The molecule has 0 unspecified atom stereocenters. The first kappa shape index (κ1) is 23.3. The molecule has 0 bridgehead atoms. The molecule has 0 aromatic heterocycles. The number of nitrogens with zero attached hydrogens (tertiary/aromatic N) is 1. The summed E-state index contributed by atoms with van der Waals surface area (Å²) in [7, 11) is -3.53. The summed E-state index contributed by atoms with van der Waals surface area (Å²) in [6, 6.07) is 5.62. The Labute approximate surface area is 173 Å². The van der Waals surface area contributed by atoms with E-state index in [0.717, 1.165) is 19.3 Å². The quantitative estimate of drug-likeness (QED) is 0.680. The number of ether oxygens (including phenoxy) is 1. The molecule has 0 aliphatic carbocycles. The van der Waals surface area contributed by atoms with Gasteiger partial charge in [-0.2, -0.15) is 4.31 Å². The second kappa shape index (κ2) is 8.83. The van der Waals surface area contributed by atoms with Gasteiger partial charge in [-0.3, -0.25) is 4.79 Å². The highest BCUT2D eigenvalue weighted by atomic mass is 32.2. The Morgan fingerprint density at radius 2 is 1.59 bits per heavy atom. The zero-order chi connectivity index (χ0) is 21.9. The highest BCUT2D eigenvalue weighted by Gasteiger charge is 2.28. The second-order valence-corrected chi connectivity index (χ2v) is 11.3. The maximum Gasteiger partial charge on any atom is 0.338 e. The molecule has 1 amide bonds. The van der Waals surface area contributed by atoms with Crippen LogP contribution in [0.5, 0.6) is 0 Å². The molecule has 2 rings (SSSR count). The molecular formula is C21H32N2O5S. The SMILES string of the molecule is CC(C)(C)CC(C)(C)NC(=O)COC(=O)c1ccc(S(=O)(=O)N2CCCC2)cc1. The summed E-state index contributed by atoms with van der Waals surface area (Å²) in [4.78, 5) is 24.5. The van der Waals surface area contributed by atoms with Crippen LogP contribution in [0.4, 0.5) is 0 Å². The maximum atomic E-state index is 12.5. The Hall–Kier alpha value is -1.93. The number of esters is 1. The first-order valence-electron chi connectivity index (χ1n) is 9.89. The molecule has 1 fully saturated rings. The number of amides is 1. The van der Waals surface area contributed by atoms with Crippen molar-refractivity contribution in [1.29, 1.82) is 0 Å². The molecule has 1 aromatic carbocycles. The van der Waals surface area contributed by atoms with E-state index >= 15 is 0 Å². The summed E-state index contributed by atoms with van der Waals surface area (Å²) < 4.78 is 31.6. The average Bonchev–Trinajstić information content (AvgIpc) is 3.12. The number of carbonyl (C=O) groups is 2. The Morgan fingerprint density at radius 3 is 2.10 bits per heavy atom. The number of nitrogens with one attached hydrogen (secondary N) is 1. The van der Waals surface area contributed by atoms with Gasteiger partial charge in [-0.15, -0.1) is 0 Å². The number of benzene rings is 1. The van der Waals surface area contributed by atoms with Crippen molar-refractivity contribution in [3.05, 3.63) is 29.8 Å². The normalized spacial score (nSPS) is 15.9. The summed E-state index contributed by atoms with van der Waals surface area (Å²) in [5.41, 5.74) is -0.176. The standard InChI is InChI=1S/C21H32N2O5S/c1-20(2,3)15-21(4,5)22-18(24)14-28-19(25)16-8-10-17(11-9-16)29(26,27)23-12-6-7-13-23/h8-11H,6-7,12-15H2,1-5H3,(H,22,24). The van der Waals surface area contributed by atoms with Crippen molar-refractivity contribution in [3.63, 3.8) is 0 Å². The number of rotatable bonds is 7. The van der Waals surface area contributed by atoms with E-state index < -0.39 is 21.5 Å². The lowest BCUT2D eigenvalue weighted by molar-refractivity contribution is -0.126. The van der Waals surface area contributed by atoms with E-state index in [2.05, 4.69) is 26.1 Å². The predicted octanol–water partition coefficient (Wildman–Crippen LogP) is 2.96. The molecule has 0 atom stereocenters. The van der Waals surface area contributed by atoms with Gasteiger partial charge in [0.1, 0.15) is 0 Å². The molecule has 1 aliphatic heterocycles. The summed E-state index contributed by atoms with van der Waals surface area (Å²) in [5, 5.41) is 2.88. The Kier molecular flexibility index (Phi) is 7.11. The number of carbonyl (C=O) groups excluding carboxylic acids is 2. The molecule has 1 saturated heterocycles. The third kappa shape index (κ3) is 6.82. The van der Waals surface area contributed by atoms with Gasteiger partial charge in [0.2, 0.25) is 10.0 Å². The van der Waals surface area contributed by atoms with Crippen LogP contribution in [0.15, 0.2) is 29.2 Å². The smallest absolute Gasteiger partial charge is 0.338 e. The minimum Gasteiger partial charge on any atom is -0.452 e. The number of hydrogen-bond acceptors (Lipinski definition) is 5. The van der Waals surface area contributed by atoms with Crippen LogP contribution >= 0.6 is 0 Å². The predicted molar refractivity (Wildman–Crippen MR) is 111 cm³/mol. The molecular weight excluding hydrogens is 392 g/mol. The summed E-state index contributed by atoms with van der Waals surface area (Å²) >= 11 is 0. The van der Waals surface area contributed by atoms with E-state index in [1.54, 1.807) is 0 Å². The maximum absolute atomic E-state index is 12.5. The first-order chi connectivity index (χ1) is 13.3. The topological polar surface area (TPSA) is 92.8 Å². The summed E-state index contributed by atoms with van der Waals surface area (Å²) in [5.74, 6) is -1.04. The van der Waals surface area contributed by atoms with Crippen LogP contribution in [0.25, 0.3) is 0 Å². The third-order valence-corrected chi connectivity index (χ3v) is 6.49. The van der Waals surface area contributed by atoms with E-state index in [1.165, 1.54) is 28.6 Å². The van der Waals surface area contributed by atoms with Crippen molar-refractivity contribution in [2.24, 2.45) is 5.41 Å². The van der Waals surface area contributed by atoms with Crippen LogP contribution in [0, 0.1) is 5.41 Å². The number of hydrogen-bond donors (Lipinski definition) is 1. The minimum absolute atomic E-state index is 0.0462. The third-order valence-electron chi connectivity index (χ3n) is 4.58. The highest BCUT2D eigenvalue weighted by Crippen LogP contribution is 2.26. The fourth-order valence-corrected chi connectivity index (χ4v) is 5.36. The van der Waals surface area contributed by atoms with Gasteiger partial charge in [-0.1, -0.05) is 20.8 Å². The fraction of sp³-hybridized carbons (Fsp3) is 0.619. The van der Waals surface area contributed by atoms with E-state index in [0.29, 0.717) is 13.1 Å². The lowest BCUT2D eigenvalue weighted by Gasteiger charge is -2.33. The Morgan fingerprint density at radius 1 is 1.03 bits per heavy atom. The van der Waals surface area contributed by atoms with Gasteiger partial charge in [0.15, 0.2) is 6.61 Å². The van der Waals surface area contributed by atoms with Crippen molar-refractivity contribution < 1.29 is 22.7 Å². The van der Waals surface area contributed by atoms with E-state index in [-0.39, 0.29) is 28.4 Å². The van der Waals surface area contributed by atoms with Gasteiger partial charge in [0.05, 0.1) is 10.5 Å². The van der Waals surface area contributed by atoms with Crippen molar-refractivity contribution in [2.75, 3.05) is 19.7 Å². The van der Waals surface area contributed by atoms with Gasteiger partial charge in [0.25, 0.3) is 5.91 Å². The minimum atomic E-state index is -3.53. The monoisotopic (exact) mass is 424 g/mol. The highest BCUT2D eigenvalue weighted by molar-refractivity contribution is 7.89.